The fourth-order valence-corrected chi connectivity index (χ4v) is 5.68. The number of thiazole rings is 1. The Morgan fingerprint density at radius 2 is 2.00 bits per heavy atom. The van der Waals surface area contributed by atoms with Crippen LogP contribution >= 0.6 is 23.1 Å². The summed E-state index contributed by atoms with van der Waals surface area (Å²) in [6.07, 6.45) is 1.12. The summed E-state index contributed by atoms with van der Waals surface area (Å²) in [5, 5.41) is 5.21. The Bertz CT molecular complexity index is 1290. The third kappa shape index (κ3) is 6.41. The Labute approximate surface area is 213 Å². The minimum atomic E-state index is -0.244. The monoisotopic (exact) mass is 512 g/mol. The highest BCUT2D eigenvalue weighted by Gasteiger charge is 2.21. The van der Waals surface area contributed by atoms with Crippen molar-refractivity contribution < 1.29 is 13.9 Å². The molecule has 6 nitrogen and oxygen atoms in total. The topological polar surface area (TPSA) is 60.2 Å². The molecule has 0 fully saturated rings. The number of amides is 1. The van der Waals surface area contributed by atoms with E-state index in [-0.39, 0.29) is 11.7 Å². The highest BCUT2D eigenvalue weighted by Crippen LogP contribution is 2.34. The lowest BCUT2D eigenvalue weighted by atomic mass is 10.3. The van der Waals surface area contributed by atoms with Crippen molar-refractivity contribution in [2.24, 2.45) is 0 Å². The first-order valence-corrected chi connectivity index (χ1v) is 13.5. The first-order valence-electron chi connectivity index (χ1n) is 11.7. The van der Waals surface area contributed by atoms with Crippen LogP contribution in [0.25, 0.3) is 10.2 Å². The van der Waals surface area contributed by atoms with Gasteiger partial charge in [0.15, 0.2) is 5.13 Å². The molecule has 0 spiro atoms. The maximum Gasteiger partial charge on any atom is 0.228 e. The van der Waals surface area contributed by atoms with E-state index >= 15 is 0 Å². The lowest BCUT2D eigenvalue weighted by Crippen LogP contribution is -2.34. The summed E-state index contributed by atoms with van der Waals surface area (Å²) < 4.78 is 21.8. The molecule has 0 aliphatic rings. The minimum Gasteiger partial charge on any atom is -0.492 e. The van der Waals surface area contributed by atoms with Crippen LogP contribution in [-0.2, 0) is 11.3 Å². The molecule has 4 aromatic rings. The van der Waals surface area contributed by atoms with Crippen molar-refractivity contribution in [3.63, 3.8) is 0 Å². The number of hydrogen-bond acceptors (Lipinski definition) is 6. The first kappa shape index (κ1) is 25.2. The zero-order chi connectivity index (χ0) is 24.8. The number of para-hydroxylation sites is 1. The number of carbonyl (C=O) groups is 1. The van der Waals surface area contributed by atoms with Crippen molar-refractivity contribution in [1.82, 2.24) is 14.8 Å². The second kappa shape index (κ2) is 11.7. The van der Waals surface area contributed by atoms with Crippen molar-refractivity contribution in [1.29, 1.82) is 0 Å². The molecule has 4 rings (SSSR count). The zero-order valence-corrected chi connectivity index (χ0v) is 21.8. The van der Waals surface area contributed by atoms with E-state index in [9.17, 15) is 9.18 Å². The fraction of sp³-hybridized carbons (Fsp3) is 0.346. The van der Waals surface area contributed by atoms with Crippen molar-refractivity contribution in [3.8, 4) is 5.75 Å². The molecule has 0 bridgehead atoms. The maximum absolute atomic E-state index is 13.4. The summed E-state index contributed by atoms with van der Waals surface area (Å²) in [5.41, 5.74) is 2.80. The molecule has 9 heteroatoms. The van der Waals surface area contributed by atoms with E-state index in [2.05, 4.69) is 5.10 Å². The van der Waals surface area contributed by atoms with Gasteiger partial charge < -0.3 is 4.74 Å². The lowest BCUT2D eigenvalue weighted by molar-refractivity contribution is -0.118. The van der Waals surface area contributed by atoms with Gasteiger partial charge in [0.25, 0.3) is 0 Å². The molecular weight excluding hydrogens is 483 g/mol. The number of rotatable bonds is 11. The summed E-state index contributed by atoms with van der Waals surface area (Å²) in [6, 6.07) is 14.3. The Hall–Kier alpha value is -2.91. The molecule has 0 atom stereocenters. The molecule has 0 N–H and O–H groups in total. The third-order valence-corrected chi connectivity index (χ3v) is 7.60. The van der Waals surface area contributed by atoms with Crippen molar-refractivity contribution in [2.75, 3.05) is 23.8 Å². The quantitative estimate of drug-likeness (QED) is 0.176. The van der Waals surface area contributed by atoms with Crippen LogP contribution in [0.15, 0.2) is 53.4 Å². The fourth-order valence-electron chi connectivity index (χ4n) is 3.80. The number of nitrogens with zero attached hydrogens (tertiary/aromatic N) is 4. The number of halogens is 1. The Kier molecular flexibility index (Phi) is 8.41. The molecule has 0 aliphatic carbocycles. The van der Waals surface area contributed by atoms with Gasteiger partial charge in [-0.15, -0.1) is 11.8 Å². The molecule has 0 aliphatic heterocycles. The largest absolute Gasteiger partial charge is 0.492 e. The van der Waals surface area contributed by atoms with Gasteiger partial charge in [0.1, 0.15) is 17.1 Å². The number of ether oxygens (including phenoxy) is 1. The van der Waals surface area contributed by atoms with Gasteiger partial charge in [-0.1, -0.05) is 17.4 Å². The number of anilines is 1. The van der Waals surface area contributed by atoms with Gasteiger partial charge in [-0.05, 0) is 75.4 Å². The SMILES string of the molecule is CCOc1cccc2sc(N(CCn3nc(C)cc3C)C(=O)CCCSc3ccc(F)cc3)nc12. The maximum atomic E-state index is 13.4. The molecule has 35 heavy (non-hydrogen) atoms. The number of carbonyl (C=O) groups excluding carboxylic acids is 1. The van der Waals surface area contributed by atoms with E-state index in [0.717, 1.165) is 38.0 Å². The average molecular weight is 513 g/mol. The summed E-state index contributed by atoms with van der Waals surface area (Å²) in [5.74, 6) is 1.29. The van der Waals surface area contributed by atoms with E-state index in [1.807, 2.05) is 49.7 Å². The van der Waals surface area contributed by atoms with E-state index in [1.54, 1.807) is 28.8 Å². The van der Waals surface area contributed by atoms with Crippen LogP contribution in [0.1, 0.15) is 31.2 Å². The lowest BCUT2D eigenvalue weighted by Gasteiger charge is -2.20. The summed E-state index contributed by atoms with van der Waals surface area (Å²) in [6.45, 7) is 7.55. The average Bonchev–Trinajstić information content (AvgIpc) is 3.41. The number of hydrogen-bond donors (Lipinski definition) is 0. The normalized spacial score (nSPS) is 11.2. The summed E-state index contributed by atoms with van der Waals surface area (Å²) in [7, 11) is 0. The van der Waals surface area contributed by atoms with Crippen molar-refractivity contribution >= 4 is 44.4 Å². The molecule has 0 unspecified atom stereocenters. The van der Waals surface area contributed by atoms with E-state index in [4.69, 9.17) is 9.72 Å². The van der Waals surface area contributed by atoms with Crippen LogP contribution in [0.3, 0.4) is 0 Å². The highest BCUT2D eigenvalue weighted by molar-refractivity contribution is 7.99. The standard InChI is InChI=1S/C26H29FN4O2S2/c1-4-33-22-7-5-8-23-25(22)28-26(35-23)30(14-15-31-19(3)17-18(2)29-31)24(32)9-6-16-34-21-12-10-20(27)11-13-21/h5,7-8,10-13,17H,4,6,9,14-16H2,1-3H3. The number of aromatic nitrogens is 3. The predicted octanol–water partition coefficient (Wildman–Crippen LogP) is 6.25. The third-order valence-electron chi connectivity index (χ3n) is 5.46. The van der Waals surface area contributed by atoms with Gasteiger partial charge in [0.2, 0.25) is 5.91 Å². The molecular formula is C26H29FN4O2S2. The van der Waals surface area contributed by atoms with E-state index in [0.29, 0.717) is 37.7 Å². The van der Waals surface area contributed by atoms with Crippen LogP contribution < -0.4 is 9.64 Å². The number of benzene rings is 2. The summed E-state index contributed by atoms with van der Waals surface area (Å²) in [4.78, 5) is 20.9. The van der Waals surface area contributed by atoms with Gasteiger partial charge in [0, 0.05) is 23.6 Å². The van der Waals surface area contributed by atoms with Crippen LogP contribution in [-0.4, -0.2) is 39.6 Å². The Balaban J connectivity index is 1.48. The van der Waals surface area contributed by atoms with Gasteiger partial charge in [-0.2, -0.15) is 5.10 Å². The molecule has 2 heterocycles. The van der Waals surface area contributed by atoms with Gasteiger partial charge >= 0.3 is 0 Å². The molecule has 0 saturated carbocycles. The van der Waals surface area contributed by atoms with Gasteiger partial charge in [0.05, 0.1) is 23.5 Å². The second-order valence-corrected chi connectivity index (χ2v) is 10.3. The van der Waals surface area contributed by atoms with Crippen LogP contribution in [0.2, 0.25) is 0 Å². The van der Waals surface area contributed by atoms with Gasteiger partial charge in [-0.25, -0.2) is 9.37 Å². The molecule has 0 saturated heterocycles. The number of aryl methyl sites for hydroxylation is 2. The minimum absolute atomic E-state index is 0.0308. The van der Waals surface area contributed by atoms with Crippen LogP contribution in [0.4, 0.5) is 9.52 Å². The highest BCUT2D eigenvalue weighted by atomic mass is 32.2. The number of thioether (sulfide) groups is 1. The number of fused-ring (bicyclic) bond motifs is 1. The van der Waals surface area contributed by atoms with Crippen molar-refractivity contribution in [2.45, 2.75) is 45.1 Å². The van der Waals surface area contributed by atoms with Crippen LogP contribution in [0.5, 0.6) is 5.75 Å². The first-order chi connectivity index (χ1) is 16.9. The van der Waals surface area contributed by atoms with E-state index in [1.165, 1.54) is 23.5 Å². The Morgan fingerprint density at radius 3 is 2.71 bits per heavy atom. The Morgan fingerprint density at radius 1 is 1.20 bits per heavy atom. The summed E-state index contributed by atoms with van der Waals surface area (Å²) >= 11 is 3.12. The van der Waals surface area contributed by atoms with Gasteiger partial charge in [-0.3, -0.25) is 14.4 Å². The smallest absolute Gasteiger partial charge is 0.228 e. The van der Waals surface area contributed by atoms with E-state index < -0.39 is 0 Å². The molecule has 1 amide bonds. The molecule has 2 aromatic heterocycles. The molecule has 2 aromatic carbocycles. The van der Waals surface area contributed by atoms with Crippen LogP contribution in [0, 0.1) is 19.7 Å². The molecule has 184 valence electrons. The second-order valence-electron chi connectivity index (χ2n) is 8.13. The predicted molar refractivity (Wildman–Crippen MR) is 141 cm³/mol. The zero-order valence-electron chi connectivity index (χ0n) is 20.2. The van der Waals surface area contributed by atoms with Crippen molar-refractivity contribution in [3.05, 3.63) is 65.7 Å². The molecule has 0 radical (unpaired) electrons.